The lowest BCUT2D eigenvalue weighted by atomic mass is 10.1. The fourth-order valence-corrected chi connectivity index (χ4v) is 4.66. The van der Waals surface area contributed by atoms with E-state index in [1.54, 1.807) is 9.58 Å². The van der Waals surface area contributed by atoms with Gasteiger partial charge in [-0.3, -0.25) is 14.3 Å². The highest BCUT2D eigenvalue weighted by Gasteiger charge is 2.33. The summed E-state index contributed by atoms with van der Waals surface area (Å²) in [5, 5.41) is 7.73. The molecule has 5 rings (SSSR count). The van der Waals surface area contributed by atoms with Crippen molar-refractivity contribution in [3.8, 4) is 17.4 Å². The number of anilines is 1. The Morgan fingerprint density at radius 1 is 1.21 bits per heavy atom. The second kappa shape index (κ2) is 10.4. The van der Waals surface area contributed by atoms with Crippen molar-refractivity contribution in [2.45, 2.75) is 38.0 Å². The van der Waals surface area contributed by atoms with Gasteiger partial charge in [0.05, 0.1) is 36.9 Å². The predicted molar refractivity (Wildman–Crippen MR) is 137 cm³/mol. The third-order valence-electron chi connectivity index (χ3n) is 6.89. The van der Waals surface area contributed by atoms with Gasteiger partial charge in [0.15, 0.2) is 23.1 Å². The van der Waals surface area contributed by atoms with Crippen molar-refractivity contribution in [2.75, 3.05) is 33.0 Å². The number of carbonyl (C=O) groups excluding carboxylic acids is 2. The maximum absolute atomic E-state index is 15.0. The van der Waals surface area contributed by atoms with Crippen LogP contribution in [0.5, 0.6) is 17.4 Å². The quantitative estimate of drug-likeness (QED) is 0.395. The Morgan fingerprint density at radius 2 is 1.90 bits per heavy atom. The Balaban J connectivity index is 1.58. The predicted octanol–water partition coefficient (Wildman–Crippen LogP) is 2.74. The van der Waals surface area contributed by atoms with Crippen LogP contribution in [-0.2, 0) is 11.4 Å². The monoisotopic (exact) mass is 542 g/mol. The first-order chi connectivity index (χ1) is 18.8. The van der Waals surface area contributed by atoms with Gasteiger partial charge in [-0.25, -0.2) is 13.8 Å². The fraction of sp³-hybridized carbons (Fsp3) is 0.385. The fourth-order valence-electron chi connectivity index (χ4n) is 4.66. The molecule has 3 N–H and O–H groups in total. The number of pyridine rings is 1. The van der Waals surface area contributed by atoms with Crippen LogP contribution in [-0.4, -0.2) is 64.8 Å². The molecule has 2 amide bonds. The number of nitrogen functional groups attached to an aromatic ring is 1. The molecule has 11 nitrogen and oxygen atoms in total. The van der Waals surface area contributed by atoms with Gasteiger partial charge in [0.1, 0.15) is 17.8 Å². The summed E-state index contributed by atoms with van der Waals surface area (Å²) < 4.78 is 47.4. The number of aromatic nitrogens is 3. The van der Waals surface area contributed by atoms with Gasteiger partial charge in [0.2, 0.25) is 11.8 Å². The normalized spacial score (nSPS) is 16.8. The van der Waals surface area contributed by atoms with Crippen molar-refractivity contribution in [1.29, 1.82) is 0 Å². The van der Waals surface area contributed by atoms with Crippen molar-refractivity contribution < 1.29 is 32.6 Å². The maximum atomic E-state index is 15.0. The van der Waals surface area contributed by atoms with E-state index in [1.165, 1.54) is 26.5 Å². The molecule has 0 spiro atoms. The van der Waals surface area contributed by atoms with Gasteiger partial charge in [-0.2, -0.15) is 0 Å². The summed E-state index contributed by atoms with van der Waals surface area (Å²) in [4.78, 5) is 31.2. The van der Waals surface area contributed by atoms with Crippen LogP contribution in [0.4, 0.5) is 14.6 Å². The zero-order chi connectivity index (χ0) is 27.8. The number of carbonyl (C=O) groups is 2. The van der Waals surface area contributed by atoms with Gasteiger partial charge in [-0.15, -0.1) is 5.10 Å². The Labute approximate surface area is 222 Å². The number of nitrogens with zero attached hydrogens (tertiary/aromatic N) is 4. The summed E-state index contributed by atoms with van der Waals surface area (Å²) in [5.74, 6) is -2.97. The molecule has 0 radical (unpaired) electrons. The molecule has 13 heteroatoms. The number of hydrogen-bond donors (Lipinski definition) is 2. The lowest BCUT2D eigenvalue weighted by Gasteiger charge is -2.16. The van der Waals surface area contributed by atoms with E-state index in [2.05, 4.69) is 22.0 Å². The highest BCUT2D eigenvalue weighted by atomic mass is 19.1. The zero-order valence-electron chi connectivity index (χ0n) is 21.5. The molecule has 1 saturated carbocycles. The summed E-state index contributed by atoms with van der Waals surface area (Å²) in [7, 11) is 2.50. The van der Waals surface area contributed by atoms with Crippen molar-refractivity contribution in [3.05, 3.63) is 47.7 Å². The molecular formula is C26H28F2N6O5. The third kappa shape index (κ3) is 4.79. The van der Waals surface area contributed by atoms with Crippen LogP contribution in [0.2, 0.25) is 0 Å². The molecular weight excluding hydrogens is 514 g/mol. The van der Waals surface area contributed by atoms with E-state index in [0.717, 1.165) is 18.9 Å². The van der Waals surface area contributed by atoms with E-state index >= 15 is 0 Å². The summed E-state index contributed by atoms with van der Waals surface area (Å²) >= 11 is 0. The van der Waals surface area contributed by atoms with Gasteiger partial charge in [-0.1, -0.05) is 6.58 Å². The maximum Gasteiger partial charge on any atom is 0.255 e. The Morgan fingerprint density at radius 3 is 2.51 bits per heavy atom. The van der Waals surface area contributed by atoms with Crippen molar-refractivity contribution in [1.82, 2.24) is 25.0 Å². The molecule has 206 valence electrons. The first-order valence-electron chi connectivity index (χ1n) is 12.4. The van der Waals surface area contributed by atoms with Crippen molar-refractivity contribution >= 4 is 28.5 Å². The third-order valence-corrected chi connectivity index (χ3v) is 6.89. The minimum absolute atomic E-state index is 0.0235. The number of nitrogens with one attached hydrogen (secondary N) is 1. The van der Waals surface area contributed by atoms with E-state index < -0.39 is 23.8 Å². The minimum atomic E-state index is -0.954. The molecule has 3 heterocycles. The molecule has 2 aromatic heterocycles. The van der Waals surface area contributed by atoms with Crippen LogP contribution in [0.1, 0.15) is 41.2 Å². The van der Waals surface area contributed by atoms with Crippen LogP contribution in [0, 0.1) is 11.6 Å². The van der Waals surface area contributed by atoms with Gasteiger partial charge >= 0.3 is 0 Å². The number of hydrogen-bond acceptors (Lipinski definition) is 8. The molecule has 39 heavy (non-hydrogen) atoms. The molecule has 2 fully saturated rings. The van der Waals surface area contributed by atoms with Crippen LogP contribution in [0.25, 0.3) is 10.9 Å². The molecule has 3 aromatic rings. The average Bonchev–Trinajstić information content (AvgIpc) is 3.45. The average molecular weight is 543 g/mol. The smallest absolute Gasteiger partial charge is 0.255 e. The molecule has 1 unspecified atom stereocenters. The summed E-state index contributed by atoms with van der Waals surface area (Å²) in [6.45, 7) is 3.72. The van der Waals surface area contributed by atoms with E-state index in [4.69, 9.17) is 19.9 Å². The highest BCUT2D eigenvalue weighted by molar-refractivity contribution is 6.09. The first kappa shape index (κ1) is 26.2. The van der Waals surface area contributed by atoms with Gasteiger partial charge < -0.3 is 30.2 Å². The zero-order valence-corrected chi connectivity index (χ0v) is 21.5. The lowest BCUT2D eigenvalue weighted by molar-refractivity contribution is -0.125. The number of benzene rings is 1. The molecule has 2 aliphatic rings. The number of nitrogens with two attached hydrogens (primary N) is 1. The van der Waals surface area contributed by atoms with Crippen molar-refractivity contribution in [2.24, 2.45) is 0 Å². The lowest BCUT2D eigenvalue weighted by Crippen LogP contribution is -2.28. The topological polar surface area (TPSA) is 134 Å². The van der Waals surface area contributed by atoms with Gasteiger partial charge in [0, 0.05) is 31.4 Å². The number of likely N-dealkylation sites (tertiary alicyclic amines) is 1. The van der Waals surface area contributed by atoms with Gasteiger partial charge in [-0.05, 0) is 25.3 Å². The van der Waals surface area contributed by atoms with E-state index in [1.807, 2.05) is 0 Å². The van der Waals surface area contributed by atoms with E-state index in [-0.39, 0.29) is 58.0 Å². The molecule has 1 saturated heterocycles. The van der Waals surface area contributed by atoms with Crippen molar-refractivity contribution in [3.63, 3.8) is 0 Å². The summed E-state index contributed by atoms with van der Waals surface area (Å²) in [6.07, 6.45) is 4.91. The second-order valence-electron chi connectivity index (χ2n) is 9.39. The van der Waals surface area contributed by atoms with E-state index in [0.29, 0.717) is 25.0 Å². The standard InChI is InChI=1S/C26H28F2N6O5/c1-4-19(35)33-8-7-14(11-33)34-23-15(25(36)31-13-5-6-13)10-30-24(29)20(23)26(32-34)39-12-16-21(27)17(37-2)9-18(38-3)22(16)28/h4,9-10,13-14H,1,5-8,11-12H2,2-3H3,(H2,29,30)(H,31,36). The highest BCUT2D eigenvalue weighted by Crippen LogP contribution is 2.38. The Bertz CT molecular complexity index is 1440. The number of halogens is 2. The van der Waals surface area contributed by atoms with Gasteiger partial charge in [0.25, 0.3) is 5.91 Å². The number of rotatable bonds is 9. The van der Waals surface area contributed by atoms with Crippen LogP contribution in [0.3, 0.4) is 0 Å². The molecule has 1 aliphatic heterocycles. The Kier molecular flexibility index (Phi) is 6.98. The largest absolute Gasteiger partial charge is 0.494 e. The Hall–Kier alpha value is -4.42. The molecule has 1 aromatic carbocycles. The number of methoxy groups -OCH3 is 2. The number of ether oxygens (including phenoxy) is 3. The van der Waals surface area contributed by atoms with Crippen LogP contribution in [0.15, 0.2) is 24.9 Å². The summed E-state index contributed by atoms with van der Waals surface area (Å²) in [6, 6.07) is 0.855. The number of amides is 2. The minimum Gasteiger partial charge on any atom is -0.494 e. The van der Waals surface area contributed by atoms with Crippen LogP contribution < -0.4 is 25.3 Å². The first-order valence-corrected chi connectivity index (χ1v) is 12.4. The SMILES string of the molecule is C=CC(=O)N1CCC(n2nc(OCc3c(F)c(OC)cc(OC)c3F)c3c(N)ncc(C(=O)NC4CC4)c32)C1. The molecule has 0 bridgehead atoms. The van der Waals surface area contributed by atoms with Crippen LogP contribution >= 0.6 is 0 Å². The molecule has 1 atom stereocenters. The summed E-state index contributed by atoms with van der Waals surface area (Å²) in [5.41, 5.74) is 6.37. The number of fused-ring (bicyclic) bond motifs is 1. The molecule has 1 aliphatic carbocycles. The second-order valence-corrected chi connectivity index (χ2v) is 9.39. The van der Waals surface area contributed by atoms with E-state index in [9.17, 15) is 18.4 Å².